The van der Waals surface area contributed by atoms with Gasteiger partial charge in [-0.15, -0.1) is 11.8 Å². The summed E-state index contributed by atoms with van der Waals surface area (Å²) in [6.45, 7) is 0. The van der Waals surface area contributed by atoms with Gasteiger partial charge in [0.2, 0.25) is 0 Å². The summed E-state index contributed by atoms with van der Waals surface area (Å²) in [6.07, 6.45) is 12.4. The lowest BCUT2D eigenvalue weighted by Crippen LogP contribution is -2.27. The first-order valence-electron chi connectivity index (χ1n) is 4.90. The first-order chi connectivity index (χ1) is 7.36. The van der Waals surface area contributed by atoms with E-state index in [9.17, 15) is 5.11 Å². The minimum Gasteiger partial charge on any atom is -0.507 e. The van der Waals surface area contributed by atoms with E-state index < -0.39 is 0 Å². The number of benzene rings is 1. The van der Waals surface area contributed by atoms with Gasteiger partial charge in [0, 0.05) is 5.75 Å². The fourth-order valence-electron chi connectivity index (χ4n) is 1.97. The lowest BCUT2D eigenvalue weighted by Gasteiger charge is -2.02. The van der Waals surface area contributed by atoms with E-state index in [1.165, 1.54) is 10.4 Å². The smallest absolute Gasteiger partial charge is 0.130 e. The highest BCUT2D eigenvalue weighted by molar-refractivity contribution is 8.00. The number of phenols is 1. The number of thioether (sulfide) groups is 1. The Morgan fingerprint density at radius 2 is 2.07 bits per heavy atom. The second kappa shape index (κ2) is 3.31. The van der Waals surface area contributed by atoms with E-state index >= 15 is 0 Å². The van der Waals surface area contributed by atoms with Gasteiger partial charge in [-0.05, 0) is 22.1 Å². The van der Waals surface area contributed by atoms with Crippen molar-refractivity contribution in [3.8, 4) is 5.75 Å². The van der Waals surface area contributed by atoms with Gasteiger partial charge < -0.3 is 5.11 Å². The molecule has 3 rings (SSSR count). The number of phenolic OH excluding ortho intramolecular Hbond substituents is 1. The number of hydrogen-bond acceptors (Lipinski definition) is 2. The lowest BCUT2D eigenvalue weighted by atomic mass is 10.1. The molecule has 0 atom stereocenters. The van der Waals surface area contributed by atoms with Crippen LogP contribution in [0.2, 0.25) is 0 Å². The van der Waals surface area contributed by atoms with Crippen LogP contribution in [0.4, 0.5) is 0 Å². The summed E-state index contributed by atoms with van der Waals surface area (Å²) in [4.78, 5) is 1.02. The fraction of sp³-hybridized carbons (Fsp3) is 0.0769. The molecule has 2 aliphatic rings. The summed E-state index contributed by atoms with van der Waals surface area (Å²) in [5.41, 5.74) is 1.09. The largest absolute Gasteiger partial charge is 0.507 e. The maximum Gasteiger partial charge on any atom is 0.130 e. The summed E-state index contributed by atoms with van der Waals surface area (Å²) >= 11 is 1.70. The molecular formula is C13H10OS. The Morgan fingerprint density at radius 1 is 1.13 bits per heavy atom. The van der Waals surface area contributed by atoms with Crippen molar-refractivity contribution in [3.63, 3.8) is 0 Å². The quantitative estimate of drug-likeness (QED) is 0.708. The molecule has 0 bridgehead atoms. The zero-order valence-electron chi connectivity index (χ0n) is 8.10. The summed E-state index contributed by atoms with van der Waals surface area (Å²) in [6, 6.07) is 1.85. The Hall–Kier alpha value is -1.41. The predicted molar refractivity (Wildman–Crippen MR) is 65.2 cm³/mol. The fourth-order valence-corrected chi connectivity index (χ4v) is 2.94. The average molecular weight is 214 g/mol. The summed E-state index contributed by atoms with van der Waals surface area (Å²) in [7, 11) is 0. The molecule has 1 heterocycles. The van der Waals surface area contributed by atoms with Crippen LogP contribution in [0.1, 0.15) is 5.56 Å². The highest BCUT2D eigenvalue weighted by Gasteiger charge is 2.12. The summed E-state index contributed by atoms with van der Waals surface area (Å²) in [5, 5.41) is 12.3. The van der Waals surface area contributed by atoms with Gasteiger partial charge >= 0.3 is 0 Å². The zero-order valence-corrected chi connectivity index (χ0v) is 8.92. The van der Waals surface area contributed by atoms with E-state index in [-0.39, 0.29) is 0 Å². The van der Waals surface area contributed by atoms with E-state index in [1.807, 2.05) is 30.4 Å². The van der Waals surface area contributed by atoms with Gasteiger partial charge in [-0.1, -0.05) is 36.5 Å². The Morgan fingerprint density at radius 3 is 3.00 bits per heavy atom. The Kier molecular flexibility index (Phi) is 1.96. The van der Waals surface area contributed by atoms with Crippen LogP contribution >= 0.6 is 11.8 Å². The van der Waals surface area contributed by atoms with Crippen LogP contribution < -0.4 is 10.4 Å². The second-order valence-corrected chi connectivity index (χ2v) is 4.60. The molecule has 1 nitrogen and oxygen atoms in total. The Balaban J connectivity index is 2.50. The molecule has 1 aromatic rings. The van der Waals surface area contributed by atoms with Crippen LogP contribution in [-0.4, -0.2) is 10.9 Å². The third-order valence-corrected chi connectivity index (χ3v) is 3.70. The maximum absolute atomic E-state index is 9.87. The second-order valence-electron chi connectivity index (χ2n) is 3.57. The molecule has 74 valence electrons. The van der Waals surface area contributed by atoms with Crippen molar-refractivity contribution in [1.29, 1.82) is 0 Å². The van der Waals surface area contributed by atoms with Gasteiger partial charge in [0.1, 0.15) is 5.75 Å². The van der Waals surface area contributed by atoms with Gasteiger partial charge in [-0.25, -0.2) is 0 Å². The van der Waals surface area contributed by atoms with Crippen molar-refractivity contribution in [3.05, 3.63) is 40.3 Å². The predicted octanol–water partition coefficient (Wildman–Crippen LogP) is 1.64. The van der Waals surface area contributed by atoms with Crippen LogP contribution in [-0.2, 0) is 0 Å². The zero-order chi connectivity index (χ0) is 10.3. The molecule has 2 heteroatoms. The standard InChI is InChI=1S/C13H10OS/c14-12-8-9-4-2-1-3-5-10(9)11-6-7-15-13(11)12/h1-6,8,14H,7H2. The third kappa shape index (κ3) is 1.33. The molecular weight excluding hydrogens is 204 g/mol. The summed E-state index contributed by atoms with van der Waals surface area (Å²) < 4.78 is 0. The van der Waals surface area contributed by atoms with Gasteiger partial charge in [0.05, 0.1) is 4.90 Å². The SMILES string of the molecule is Oc1cc2c(c3c1SCC=3)=CC=CC=C2. The van der Waals surface area contributed by atoms with Gasteiger partial charge in [-0.2, -0.15) is 0 Å². The first kappa shape index (κ1) is 8.86. The normalized spacial score (nSPS) is 16.3. The van der Waals surface area contributed by atoms with Crippen LogP contribution in [0.3, 0.4) is 0 Å². The van der Waals surface area contributed by atoms with Crippen LogP contribution in [0.15, 0.2) is 29.2 Å². The first-order valence-corrected chi connectivity index (χ1v) is 5.89. The molecule has 15 heavy (non-hydrogen) atoms. The van der Waals surface area contributed by atoms with Crippen LogP contribution in [0.5, 0.6) is 5.75 Å². The number of rotatable bonds is 0. The molecule has 0 unspecified atom stereocenters. The molecule has 0 spiro atoms. The lowest BCUT2D eigenvalue weighted by molar-refractivity contribution is 0.461. The number of fused-ring (bicyclic) bond motifs is 3. The molecule has 0 amide bonds. The minimum atomic E-state index is 0.405. The van der Waals surface area contributed by atoms with E-state index in [0.29, 0.717) is 5.75 Å². The number of allylic oxidation sites excluding steroid dienone is 3. The van der Waals surface area contributed by atoms with Crippen LogP contribution in [0, 0.1) is 0 Å². The molecule has 0 aromatic heterocycles. The van der Waals surface area contributed by atoms with E-state index in [4.69, 9.17) is 0 Å². The average Bonchev–Trinajstić information content (AvgIpc) is 2.60. The topological polar surface area (TPSA) is 20.2 Å². The molecule has 0 saturated heterocycles. The van der Waals surface area contributed by atoms with Gasteiger partial charge in [-0.3, -0.25) is 0 Å². The van der Waals surface area contributed by atoms with Crippen molar-refractivity contribution in [1.82, 2.24) is 0 Å². The van der Waals surface area contributed by atoms with E-state index in [1.54, 1.807) is 11.8 Å². The molecule has 1 aromatic carbocycles. The third-order valence-electron chi connectivity index (χ3n) is 2.65. The highest BCUT2D eigenvalue weighted by atomic mass is 32.2. The molecule has 1 aliphatic heterocycles. The maximum atomic E-state index is 9.87. The molecule has 1 aliphatic carbocycles. The highest BCUT2D eigenvalue weighted by Crippen LogP contribution is 2.28. The molecule has 0 saturated carbocycles. The van der Waals surface area contributed by atoms with E-state index in [0.717, 1.165) is 16.2 Å². The summed E-state index contributed by atoms with van der Waals surface area (Å²) in [5.74, 6) is 1.36. The Labute approximate surface area is 92.1 Å². The number of aromatic hydroxyl groups is 1. The van der Waals surface area contributed by atoms with Crippen molar-refractivity contribution in [2.75, 3.05) is 5.75 Å². The van der Waals surface area contributed by atoms with Gasteiger partial charge in [0.25, 0.3) is 0 Å². The van der Waals surface area contributed by atoms with Crippen LogP contribution in [0.25, 0.3) is 18.2 Å². The minimum absolute atomic E-state index is 0.405. The van der Waals surface area contributed by atoms with Crippen molar-refractivity contribution >= 4 is 30.0 Å². The monoisotopic (exact) mass is 214 g/mol. The number of hydrogen-bond donors (Lipinski definition) is 1. The Bertz CT molecular complexity index is 594. The molecule has 1 N–H and O–H groups in total. The molecule has 0 radical (unpaired) electrons. The van der Waals surface area contributed by atoms with Crippen molar-refractivity contribution in [2.24, 2.45) is 0 Å². The van der Waals surface area contributed by atoms with E-state index in [2.05, 4.69) is 12.2 Å². The molecule has 0 fully saturated rings. The van der Waals surface area contributed by atoms with Crippen molar-refractivity contribution in [2.45, 2.75) is 4.90 Å². The van der Waals surface area contributed by atoms with Gasteiger partial charge in [0.15, 0.2) is 0 Å². The van der Waals surface area contributed by atoms with Crippen molar-refractivity contribution < 1.29 is 5.11 Å².